The minimum Gasteiger partial charge on any atom is -0.380 e. The molecule has 1 N–H and O–H groups in total. The quantitative estimate of drug-likeness (QED) is 0.868. The molecular formula is C15H22FNO. The fourth-order valence-corrected chi connectivity index (χ4v) is 2.71. The van der Waals surface area contributed by atoms with Crippen LogP contribution in [0, 0.1) is 5.82 Å². The molecule has 1 saturated carbocycles. The van der Waals surface area contributed by atoms with E-state index >= 15 is 0 Å². The normalized spacial score (nSPS) is 24.1. The second-order valence-electron chi connectivity index (χ2n) is 5.00. The first-order valence-corrected chi connectivity index (χ1v) is 6.80. The van der Waals surface area contributed by atoms with E-state index in [1.807, 2.05) is 6.07 Å². The standard InChI is InChI=1S/C15H22FNO/c1-18-15-8-3-2-7-14(15)17-10-9-12-5-4-6-13(16)11-12/h4-6,11,14-15,17H,2-3,7-10H2,1H3/t14-,15-/m0/s1. The summed E-state index contributed by atoms with van der Waals surface area (Å²) in [7, 11) is 1.79. The van der Waals surface area contributed by atoms with Gasteiger partial charge >= 0.3 is 0 Å². The predicted octanol–water partition coefficient (Wildman–Crippen LogP) is 2.92. The van der Waals surface area contributed by atoms with E-state index in [2.05, 4.69) is 5.32 Å². The van der Waals surface area contributed by atoms with Crippen LogP contribution in [0.25, 0.3) is 0 Å². The molecule has 2 rings (SSSR count). The van der Waals surface area contributed by atoms with E-state index in [0.29, 0.717) is 12.1 Å². The number of hydrogen-bond donors (Lipinski definition) is 1. The molecule has 1 aromatic rings. The lowest BCUT2D eigenvalue weighted by Crippen LogP contribution is -2.43. The highest BCUT2D eigenvalue weighted by Crippen LogP contribution is 2.20. The number of halogens is 1. The topological polar surface area (TPSA) is 21.3 Å². The van der Waals surface area contributed by atoms with E-state index in [4.69, 9.17) is 4.74 Å². The monoisotopic (exact) mass is 251 g/mol. The van der Waals surface area contributed by atoms with E-state index in [1.165, 1.54) is 25.3 Å². The van der Waals surface area contributed by atoms with E-state index in [0.717, 1.165) is 24.9 Å². The average molecular weight is 251 g/mol. The molecule has 1 aromatic carbocycles. The molecule has 1 fully saturated rings. The molecule has 0 aliphatic heterocycles. The molecule has 0 bridgehead atoms. The van der Waals surface area contributed by atoms with Crippen molar-refractivity contribution in [3.8, 4) is 0 Å². The molecule has 100 valence electrons. The van der Waals surface area contributed by atoms with Crippen LogP contribution in [0.5, 0.6) is 0 Å². The minimum atomic E-state index is -0.153. The van der Waals surface area contributed by atoms with Crippen LogP contribution in [0.1, 0.15) is 31.2 Å². The van der Waals surface area contributed by atoms with Crippen LogP contribution in [0.3, 0.4) is 0 Å². The van der Waals surface area contributed by atoms with Crippen molar-refractivity contribution in [2.24, 2.45) is 0 Å². The van der Waals surface area contributed by atoms with Gasteiger partial charge < -0.3 is 10.1 Å². The lowest BCUT2D eigenvalue weighted by atomic mass is 9.92. The summed E-state index contributed by atoms with van der Waals surface area (Å²) < 4.78 is 18.5. The van der Waals surface area contributed by atoms with Gasteiger partial charge in [-0.25, -0.2) is 4.39 Å². The summed E-state index contributed by atoms with van der Waals surface area (Å²) >= 11 is 0. The molecule has 3 heteroatoms. The van der Waals surface area contributed by atoms with Gasteiger partial charge in [-0.15, -0.1) is 0 Å². The molecule has 1 aliphatic rings. The van der Waals surface area contributed by atoms with Gasteiger partial charge in [-0.3, -0.25) is 0 Å². The third-order valence-electron chi connectivity index (χ3n) is 3.71. The van der Waals surface area contributed by atoms with Crippen molar-refractivity contribution < 1.29 is 9.13 Å². The maximum absolute atomic E-state index is 13.0. The Morgan fingerprint density at radius 2 is 2.17 bits per heavy atom. The lowest BCUT2D eigenvalue weighted by molar-refractivity contribution is 0.0421. The number of nitrogens with one attached hydrogen (secondary N) is 1. The van der Waals surface area contributed by atoms with Gasteiger partial charge in [0.1, 0.15) is 5.82 Å². The molecule has 1 aliphatic carbocycles. The zero-order valence-electron chi connectivity index (χ0n) is 11.0. The number of benzene rings is 1. The first kappa shape index (κ1) is 13.5. The molecule has 2 nitrogen and oxygen atoms in total. The van der Waals surface area contributed by atoms with Crippen molar-refractivity contribution >= 4 is 0 Å². The summed E-state index contributed by atoms with van der Waals surface area (Å²) in [6.07, 6.45) is 6.07. The van der Waals surface area contributed by atoms with Crippen LogP contribution in [-0.4, -0.2) is 25.8 Å². The SMILES string of the molecule is CO[C@H]1CCCC[C@@H]1NCCc1cccc(F)c1. The smallest absolute Gasteiger partial charge is 0.123 e. The van der Waals surface area contributed by atoms with Crippen LogP contribution in [-0.2, 0) is 11.2 Å². The van der Waals surface area contributed by atoms with Gasteiger partial charge in [0, 0.05) is 13.2 Å². The van der Waals surface area contributed by atoms with E-state index in [9.17, 15) is 4.39 Å². The van der Waals surface area contributed by atoms with Crippen molar-refractivity contribution in [1.82, 2.24) is 5.32 Å². The molecule has 0 spiro atoms. The predicted molar refractivity (Wildman–Crippen MR) is 71.2 cm³/mol. The highest BCUT2D eigenvalue weighted by atomic mass is 19.1. The third kappa shape index (κ3) is 3.79. The summed E-state index contributed by atoms with van der Waals surface area (Å²) in [5.74, 6) is -0.153. The number of ether oxygens (including phenoxy) is 1. The number of methoxy groups -OCH3 is 1. The van der Waals surface area contributed by atoms with Crippen molar-refractivity contribution in [1.29, 1.82) is 0 Å². The van der Waals surface area contributed by atoms with Crippen molar-refractivity contribution in [2.75, 3.05) is 13.7 Å². The van der Waals surface area contributed by atoms with Crippen molar-refractivity contribution in [3.05, 3.63) is 35.6 Å². The zero-order valence-corrected chi connectivity index (χ0v) is 11.0. The molecule has 0 saturated heterocycles. The largest absolute Gasteiger partial charge is 0.380 e. The Morgan fingerprint density at radius 3 is 2.94 bits per heavy atom. The van der Waals surface area contributed by atoms with Gasteiger partial charge in [-0.05, 0) is 43.5 Å². The highest BCUT2D eigenvalue weighted by molar-refractivity contribution is 5.16. The molecule has 0 aromatic heterocycles. The number of rotatable bonds is 5. The molecule has 0 amide bonds. The van der Waals surface area contributed by atoms with E-state index in [-0.39, 0.29) is 5.82 Å². The van der Waals surface area contributed by atoms with Crippen molar-refractivity contribution in [2.45, 2.75) is 44.2 Å². The van der Waals surface area contributed by atoms with Crippen LogP contribution >= 0.6 is 0 Å². The Hall–Kier alpha value is -0.930. The van der Waals surface area contributed by atoms with Crippen LogP contribution in [0.2, 0.25) is 0 Å². The van der Waals surface area contributed by atoms with Gasteiger partial charge in [0.05, 0.1) is 6.10 Å². The van der Waals surface area contributed by atoms with Gasteiger partial charge in [0.15, 0.2) is 0 Å². The van der Waals surface area contributed by atoms with Gasteiger partial charge in [0.2, 0.25) is 0 Å². The third-order valence-corrected chi connectivity index (χ3v) is 3.71. The second-order valence-corrected chi connectivity index (χ2v) is 5.00. The average Bonchev–Trinajstić information content (AvgIpc) is 2.39. The number of hydrogen-bond acceptors (Lipinski definition) is 2. The highest BCUT2D eigenvalue weighted by Gasteiger charge is 2.23. The zero-order chi connectivity index (χ0) is 12.8. The molecule has 18 heavy (non-hydrogen) atoms. The fraction of sp³-hybridized carbons (Fsp3) is 0.600. The Balaban J connectivity index is 1.77. The van der Waals surface area contributed by atoms with E-state index in [1.54, 1.807) is 19.2 Å². The minimum absolute atomic E-state index is 0.153. The maximum Gasteiger partial charge on any atom is 0.123 e. The molecule has 0 heterocycles. The van der Waals surface area contributed by atoms with Crippen LogP contribution < -0.4 is 5.32 Å². The maximum atomic E-state index is 13.0. The van der Waals surface area contributed by atoms with Gasteiger partial charge in [0.25, 0.3) is 0 Å². The lowest BCUT2D eigenvalue weighted by Gasteiger charge is -2.31. The van der Waals surface area contributed by atoms with Gasteiger partial charge in [-0.1, -0.05) is 25.0 Å². The summed E-state index contributed by atoms with van der Waals surface area (Å²) in [4.78, 5) is 0. The Kier molecular flexibility index (Phi) is 5.14. The molecule has 2 atom stereocenters. The summed E-state index contributed by atoms with van der Waals surface area (Å²) in [5, 5.41) is 3.54. The Morgan fingerprint density at radius 1 is 1.33 bits per heavy atom. The summed E-state index contributed by atoms with van der Waals surface area (Å²) in [5.41, 5.74) is 1.05. The fourth-order valence-electron chi connectivity index (χ4n) is 2.71. The second kappa shape index (κ2) is 6.86. The molecular weight excluding hydrogens is 229 g/mol. The Labute approximate surface area is 109 Å². The summed E-state index contributed by atoms with van der Waals surface area (Å²) in [6.45, 7) is 0.883. The van der Waals surface area contributed by atoms with Crippen molar-refractivity contribution in [3.63, 3.8) is 0 Å². The van der Waals surface area contributed by atoms with Crippen LogP contribution in [0.4, 0.5) is 4.39 Å². The first-order chi connectivity index (χ1) is 8.79. The van der Waals surface area contributed by atoms with E-state index < -0.39 is 0 Å². The Bertz CT molecular complexity index is 369. The molecule has 0 radical (unpaired) electrons. The van der Waals surface area contributed by atoms with Crippen LogP contribution in [0.15, 0.2) is 24.3 Å². The summed E-state index contributed by atoms with van der Waals surface area (Å²) in [6, 6.07) is 7.29. The first-order valence-electron chi connectivity index (χ1n) is 6.80. The molecule has 0 unspecified atom stereocenters. The van der Waals surface area contributed by atoms with Gasteiger partial charge in [-0.2, -0.15) is 0 Å².